The van der Waals surface area contributed by atoms with Crippen molar-refractivity contribution in [2.75, 3.05) is 0 Å². The van der Waals surface area contributed by atoms with Crippen LogP contribution >= 0.6 is 0 Å². The number of benzene rings is 1. The first-order valence-electron chi connectivity index (χ1n) is 9.21. The molecule has 0 heterocycles. The third kappa shape index (κ3) is 10.5. The number of carbonyl (C=O) groups excluding carboxylic acids is 1. The predicted octanol–water partition coefficient (Wildman–Crippen LogP) is 4.80. The minimum Gasteiger partial charge on any atom is -0.481 e. The lowest BCUT2D eigenvalue weighted by atomic mass is 10.2. The quantitative estimate of drug-likeness (QED) is 0.406. The number of hydrogen-bond acceptors (Lipinski definition) is 4. The smallest absolute Gasteiger partial charge is 0.306 e. The number of hydrogen-bond donors (Lipinski definition) is 1. The van der Waals surface area contributed by atoms with Crippen molar-refractivity contribution in [1.82, 2.24) is 0 Å². The van der Waals surface area contributed by atoms with Crippen LogP contribution < -0.4 is 0 Å². The molecule has 0 aliphatic carbocycles. The Kier molecular flexibility index (Phi) is 9.25. The van der Waals surface area contributed by atoms with E-state index in [4.69, 9.17) is 14.0 Å². The number of ether oxygens (including phenoxy) is 1. The van der Waals surface area contributed by atoms with Crippen molar-refractivity contribution >= 4 is 28.6 Å². The summed E-state index contributed by atoms with van der Waals surface area (Å²) in [5.74, 6) is -0.920. The van der Waals surface area contributed by atoms with Gasteiger partial charge in [-0.15, -0.1) is 0 Å². The molecule has 0 atom stereocenters. The lowest BCUT2D eigenvalue weighted by molar-refractivity contribution is -0.145. The molecule has 0 saturated heterocycles. The minimum atomic E-state index is -1.86. The first-order valence-corrected chi connectivity index (χ1v) is 15.4. The van der Waals surface area contributed by atoms with E-state index in [1.54, 1.807) is 0 Å². The fourth-order valence-electron chi connectivity index (χ4n) is 2.98. The molecule has 0 radical (unpaired) electrons. The highest BCUT2D eigenvalue weighted by molar-refractivity contribution is 6.84. The molecule has 1 rings (SSSR count). The van der Waals surface area contributed by atoms with Gasteiger partial charge in [-0.05, 0) is 56.7 Å². The highest BCUT2D eigenvalue weighted by Gasteiger charge is 2.32. The van der Waals surface area contributed by atoms with Crippen LogP contribution in [-0.4, -0.2) is 33.7 Å². The van der Waals surface area contributed by atoms with Crippen LogP contribution in [0.2, 0.25) is 38.3 Å². The van der Waals surface area contributed by atoms with Crippen molar-refractivity contribution in [3.05, 3.63) is 35.9 Å². The molecule has 146 valence electrons. The summed E-state index contributed by atoms with van der Waals surface area (Å²) in [4.78, 5) is 22.6. The van der Waals surface area contributed by atoms with E-state index in [2.05, 4.69) is 26.2 Å². The highest BCUT2D eigenvalue weighted by Crippen LogP contribution is 2.25. The van der Waals surface area contributed by atoms with E-state index in [1.165, 1.54) is 0 Å². The molecule has 1 aromatic carbocycles. The number of rotatable bonds is 12. The van der Waals surface area contributed by atoms with Crippen molar-refractivity contribution in [2.45, 2.75) is 70.6 Å². The molecule has 5 nitrogen and oxygen atoms in total. The van der Waals surface area contributed by atoms with Gasteiger partial charge in [0.1, 0.15) is 6.61 Å². The normalized spacial score (nSPS) is 12.0. The Labute approximate surface area is 159 Å². The van der Waals surface area contributed by atoms with Gasteiger partial charge in [-0.1, -0.05) is 30.3 Å². The SMILES string of the molecule is C[Si](C)(CCCC(=O)O)O[Si](C)(C)CCCC(=O)OCc1ccccc1. The molecule has 0 saturated carbocycles. The molecule has 1 aromatic rings. The summed E-state index contributed by atoms with van der Waals surface area (Å²) in [6.07, 6.45) is 2.06. The van der Waals surface area contributed by atoms with E-state index in [-0.39, 0.29) is 12.4 Å². The maximum Gasteiger partial charge on any atom is 0.306 e. The van der Waals surface area contributed by atoms with E-state index in [1.807, 2.05) is 30.3 Å². The van der Waals surface area contributed by atoms with Gasteiger partial charge in [0, 0.05) is 12.8 Å². The van der Waals surface area contributed by atoms with Crippen LogP contribution in [0, 0.1) is 0 Å². The molecule has 0 aliphatic rings. The second-order valence-electron chi connectivity index (χ2n) is 7.87. The molecule has 7 heteroatoms. The topological polar surface area (TPSA) is 72.8 Å². The summed E-state index contributed by atoms with van der Waals surface area (Å²) in [5.41, 5.74) is 0.994. The lowest BCUT2D eigenvalue weighted by Gasteiger charge is -2.34. The van der Waals surface area contributed by atoms with Crippen LogP contribution in [0.4, 0.5) is 0 Å². The van der Waals surface area contributed by atoms with Crippen molar-refractivity contribution in [3.8, 4) is 0 Å². The maximum atomic E-state index is 11.9. The van der Waals surface area contributed by atoms with Crippen LogP contribution in [0.3, 0.4) is 0 Å². The first-order chi connectivity index (χ1) is 12.1. The third-order valence-corrected chi connectivity index (χ3v) is 11.7. The molecule has 1 N–H and O–H groups in total. The van der Waals surface area contributed by atoms with E-state index in [9.17, 15) is 9.59 Å². The monoisotopic (exact) mass is 396 g/mol. The predicted molar refractivity (Wildman–Crippen MR) is 108 cm³/mol. The Balaban J connectivity index is 2.28. The Morgan fingerprint density at radius 1 is 0.923 bits per heavy atom. The molecule has 0 aliphatic heterocycles. The van der Waals surface area contributed by atoms with Gasteiger partial charge < -0.3 is 14.0 Å². The van der Waals surface area contributed by atoms with Gasteiger partial charge in [-0.2, -0.15) is 0 Å². The molecule has 0 spiro atoms. The number of aliphatic carboxylic acids is 1. The number of carbonyl (C=O) groups is 2. The summed E-state index contributed by atoms with van der Waals surface area (Å²) in [5, 5.41) is 8.77. The van der Waals surface area contributed by atoms with Crippen LogP contribution in [0.25, 0.3) is 0 Å². The molecule has 0 bridgehead atoms. The molecule has 0 amide bonds. The Morgan fingerprint density at radius 2 is 1.46 bits per heavy atom. The molecule has 0 unspecified atom stereocenters. The van der Waals surface area contributed by atoms with Crippen molar-refractivity contribution < 1.29 is 23.5 Å². The Morgan fingerprint density at radius 3 is 2.00 bits per heavy atom. The van der Waals surface area contributed by atoms with E-state index in [0.717, 1.165) is 24.1 Å². The average Bonchev–Trinajstić information content (AvgIpc) is 2.52. The third-order valence-electron chi connectivity index (χ3n) is 4.12. The molecular weight excluding hydrogens is 364 g/mol. The van der Waals surface area contributed by atoms with Gasteiger partial charge >= 0.3 is 11.9 Å². The number of carboxylic acid groups (broad SMARTS) is 1. The first kappa shape index (κ1) is 22.6. The fraction of sp³-hybridized carbons (Fsp3) is 0.579. The van der Waals surface area contributed by atoms with E-state index >= 15 is 0 Å². The standard InChI is InChI=1S/C19H32O5Si2/c1-25(2,14-8-12-18(20)21)24-26(3,4)15-9-13-19(22)23-16-17-10-6-5-7-11-17/h5-7,10-11H,8-9,12-16H2,1-4H3,(H,20,21). The van der Waals surface area contributed by atoms with Gasteiger partial charge in [-0.25, -0.2) is 0 Å². The van der Waals surface area contributed by atoms with Crippen LogP contribution in [0.5, 0.6) is 0 Å². The number of esters is 1. The maximum absolute atomic E-state index is 11.9. The van der Waals surface area contributed by atoms with Gasteiger partial charge in [-0.3, -0.25) is 9.59 Å². The van der Waals surface area contributed by atoms with Crippen molar-refractivity contribution in [3.63, 3.8) is 0 Å². The molecule has 0 aromatic heterocycles. The van der Waals surface area contributed by atoms with Crippen molar-refractivity contribution in [1.29, 1.82) is 0 Å². The highest BCUT2D eigenvalue weighted by atomic mass is 28.4. The zero-order chi connectivity index (χ0) is 19.6. The molecule has 26 heavy (non-hydrogen) atoms. The summed E-state index contributed by atoms with van der Waals surface area (Å²) >= 11 is 0. The van der Waals surface area contributed by atoms with Gasteiger partial charge in [0.25, 0.3) is 0 Å². The van der Waals surface area contributed by atoms with E-state index < -0.39 is 22.6 Å². The number of carboxylic acids is 1. The Hall–Kier alpha value is -1.45. The van der Waals surface area contributed by atoms with Crippen LogP contribution in [-0.2, 0) is 25.0 Å². The molecule has 0 fully saturated rings. The average molecular weight is 397 g/mol. The van der Waals surface area contributed by atoms with Gasteiger partial charge in [0.2, 0.25) is 0 Å². The summed E-state index contributed by atoms with van der Waals surface area (Å²) < 4.78 is 11.8. The fourth-order valence-corrected chi connectivity index (χ4v) is 11.8. The summed E-state index contributed by atoms with van der Waals surface area (Å²) in [6, 6.07) is 11.4. The second-order valence-corrected chi connectivity index (χ2v) is 16.7. The second kappa shape index (κ2) is 10.6. The Bertz CT molecular complexity index is 573. The van der Waals surface area contributed by atoms with E-state index in [0.29, 0.717) is 19.4 Å². The van der Waals surface area contributed by atoms with Crippen LogP contribution in [0.15, 0.2) is 30.3 Å². The van der Waals surface area contributed by atoms with Crippen LogP contribution in [0.1, 0.15) is 31.2 Å². The summed E-state index contributed by atoms with van der Waals surface area (Å²) in [7, 11) is -3.72. The largest absolute Gasteiger partial charge is 0.481 e. The summed E-state index contributed by atoms with van der Waals surface area (Å²) in [6.45, 7) is 8.97. The van der Waals surface area contributed by atoms with Crippen molar-refractivity contribution in [2.24, 2.45) is 0 Å². The molecular formula is C19H32O5Si2. The minimum absolute atomic E-state index is 0.170. The zero-order valence-electron chi connectivity index (χ0n) is 16.4. The lowest BCUT2D eigenvalue weighted by Crippen LogP contribution is -2.44. The van der Waals surface area contributed by atoms with Gasteiger partial charge in [0.15, 0.2) is 16.6 Å². The zero-order valence-corrected chi connectivity index (χ0v) is 18.4. The van der Waals surface area contributed by atoms with Gasteiger partial charge in [0.05, 0.1) is 0 Å².